The Morgan fingerprint density at radius 3 is 2.73 bits per heavy atom. The molecule has 1 aromatic heterocycles. The minimum Gasteiger partial charge on any atom is -0.393 e. The number of nitrogens with one attached hydrogen (secondary N) is 1. The summed E-state index contributed by atoms with van der Waals surface area (Å²) in [6, 6.07) is 10.6. The van der Waals surface area contributed by atoms with Crippen LogP contribution in [0.4, 0.5) is 5.82 Å². The summed E-state index contributed by atoms with van der Waals surface area (Å²) in [5.41, 5.74) is 2.33. The van der Waals surface area contributed by atoms with E-state index < -0.39 is 0 Å². The first-order valence-corrected chi connectivity index (χ1v) is 8.62. The molecule has 1 aliphatic carbocycles. The van der Waals surface area contributed by atoms with Crippen LogP contribution in [0.25, 0.3) is 0 Å². The molecule has 0 unspecified atom stereocenters. The average molecular weight is 315 g/mol. The maximum Gasteiger partial charge on any atom is 0.129 e. The average Bonchev–Trinajstić information content (AvgIpc) is 2.50. The summed E-state index contributed by atoms with van der Waals surface area (Å²) < 4.78 is 0. The van der Waals surface area contributed by atoms with Crippen molar-refractivity contribution in [2.45, 2.75) is 36.7 Å². The summed E-state index contributed by atoms with van der Waals surface area (Å²) in [4.78, 5) is 9.86. The van der Waals surface area contributed by atoms with Crippen molar-refractivity contribution in [2.24, 2.45) is 0 Å². The second kappa shape index (κ2) is 7.11. The van der Waals surface area contributed by atoms with Crippen LogP contribution in [0.5, 0.6) is 0 Å². The molecule has 116 valence electrons. The number of anilines is 1. The van der Waals surface area contributed by atoms with E-state index in [1.54, 1.807) is 6.33 Å². The van der Waals surface area contributed by atoms with Crippen LogP contribution in [-0.2, 0) is 0 Å². The highest BCUT2D eigenvalue weighted by Gasteiger charge is 2.29. The number of aliphatic hydroxyl groups excluding tert-OH is 1. The number of aryl methyl sites for hydroxylation is 1. The van der Waals surface area contributed by atoms with Gasteiger partial charge in [0.1, 0.15) is 12.1 Å². The first-order chi connectivity index (χ1) is 10.7. The quantitative estimate of drug-likeness (QED) is 0.633. The van der Waals surface area contributed by atoms with Gasteiger partial charge in [0.2, 0.25) is 0 Å². The molecule has 5 heteroatoms. The third-order valence-corrected chi connectivity index (χ3v) is 4.93. The monoisotopic (exact) mass is 315 g/mol. The second-order valence-corrected chi connectivity index (χ2v) is 6.91. The zero-order valence-electron chi connectivity index (χ0n) is 12.7. The van der Waals surface area contributed by atoms with Crippen LogP contribution in [0, 0.1) is 6.92 Å². The Morgan fingerprint density at radius 1 is 1.23 bits per heavy atom. The van der Waals surface area contributed by atoms with E-state index in [9.17, 15) is 5.11 Å². The van der Waals surface area contributed by atoms with Crippen LogP contribution in [0.15, 0.2) is 41.6 Å². The zero-order valence-corrected chi connectivity index (χ0v) is 13.5. The lowest BCUT2D eigenvalue weighted by Gasteiger charge is -2.30. The maximum atomic E-state index is 9.39. The SMILES string of the molecule is Cc1ccc(SCCNc2cc(C3CC(O)C3)ncn2)cc1. The van der Waals surface area contributed by atoms with Crippen LogP contribution < -0.4 is 5.32 Å². The van der Waals surface area contributed by atoms with E-state index in [0.29, 0.717) is 5.92 Å². The minimum absolute atomic E-state index is 0.151. The fourth-order valence-corrected chi connectivity index (χ4v) is 3.27. The lowest BCUT2D eigenvalue weighted by Crippen LogP contribution is -2.27. The molecule has 4 nitrogen and oxygen atoms in total. The van der Waals surface area contributed by atoms with E-state index in [0.717, 1.165) is 36.7 Å². The fraction of sp³-hybridized carbons (Fsp3) is 0.412. The van der Waals surface area contributed by atoms with E-state index >= 15 is 0 Å². The predicted octanol–water partition coefficient (Wildman–Crippen LogP) is 3.23. The van der Waals surface area contributed by atoms with Crippen molar-refractivity contribution < 1.29 is 5.11 Å². The van der Waals surface area contributed by atoms with Crippen molar-refractivity contribution in [3.05, 3.63) is 47.9 Å². The van der Waals surface area contributed by atoms with E-state index in [1.165, 1.54) is 10.5 Å². The van der Waals surface area contributed by atoms with Crippen molar-refractivity contribution >= 4 is 17.6 Å². The summed E-state index contributed by atoms with van der Waals surface area (Å²) in [5, 5.41) is 12.7. The lowest BCUT2D eigenvalue weighted by atomic mass is 9.80. The topological polar surface area (TPSA) is 58.0 Å². The Morgan fingerprint density at radius 2 is 2.00 bits per heavy atom. The van der Waals surface area contributed by atoms with Gasteiger partial charge in [0.05, 0.1) is 6.10 Å². The summed E-state index contributed by atoms with van der Waals surface area (Å²) in [6.45, 7) is 2.96. The molecule has 0 amide bonds. The highest BCUT2D eigenvalue weighted by molar-refractivity contribution is 7.99. The highest BCUT2D eigenvalue weighted by atomic mass is 32.2. The molecule has 1 aliphatic rings. The summed E-state index contributed by atoms with van der Waals surface area (Å²) in [7, 11) is 0. The Labute approximate surface area is 135 Å². The Bertz CT molecular complexity index is 612. The molecule has 22 heavy (non-hydrogen) atoms. The van der Waals surface area contributed by atoms with Gasteiger partial charge in [-0.3, -0.25) is 0 Å². The molecular formula is C17H21N3OS. The largest absolute Gasteiger partial charge is 0.393 e. The first-order valence-electron chi connectivity index (χ1n) is 7.64. The molecule has 1 aromatic carbocycles. The number of hydrogen-bond donors (Lipinski definition) is 2. The van der Waals surface area contributed by atoms with Crippen molar-refractivity contribution in [1.82, 2.24) is 9.97 Å². The third kappa shape index (κ3) is 3.99. The van der Waals surface area contributed by atoms with Gasteiger partial charge in [-0.25, -0.2) is 9.97 Å². The number of thioether (sulfide) groups is 1. The van der Waals surface area contributed by atoms with Crippen molar-refractivity contribution in [2.75, 3.05) is 17.6 Å². The van der Waals surface area contributed by atoms with Gasteiger partial charge >= 0.3 is 0 Å². The van der Waals surface area contributed by atoms with Crippen LogP contribution >= 0.6 is 11.8 Å². The van der Waals surface area contributed by atoms with Gasteiger partial charge in [0.15, 0.2) is 0 Å². The summed E-state index contributed by atoms with van der Waals surface area (Å²) >= 11 is 1.84. The van der Waals surface area contributed by atoms with Crippen molar-refractivity contribution in [3.8, 4) is 0 Å². The van der Waals surface area contributed by atoms with E-state index in [-0.39, 0.29) is 6.10 Å². The normalized spacial score (nSPS) is 20.5. The highest BCUT2D eigenvalue weighted by Crippen LogP contribution is 2.35. The molecular weight excluding hydrogens is 294 g/mol. The number of hydrogen-bond acceptors (Lipinski definition) is 5. The van der Waals surface area contributed by atoms with Gasteiger partial charge in [-0.1, -0.05) is 17.7 Å². The van der Waals surface area contributed by atoms with Crippen LogP contribution in [-0.4, -0.2) is 33.5 Å². The lowest BCUT2D eigenvalue weighted by molar-refractivity contribution is 0.0732. The van der Waals surface area contributed by atoms with Crippen LogP contribution in [0.1, 0.15) is 30.0 Å². The zero-order chi connectivity index (χ0) is 15.4. The Hall–Kier alpha value is -1.59. The molecule has 0 radical (unpaired) electrons. The van der Waals surface area contributed by atoms with Gasteiger partial charge in [-0.2, -0.15) is 0 Å². The van der Waals surface area contributed by atoms with Gasteiger partial charge in [0, 0.05) is 34.9 Å². The van der Waals surface area contributed by atoms with E-state index in [2.05, 4.69) is 46.5 Å². The maximum absolute atomic E-state index is 9.39. The summed E-state index contributed by atoms with van der Waals surface area (Å²) in [6.07, 6.45) is 3.09. The molecule has 1 fully saturated rings. The smallest absolute Gasteiger partial charge is 0.129 e. The molecule has 2 N–H and O–H groups in total. The number of nitrogens with zero attached hydrogens (tertiary/aromatic N) is 2. The molecule has 0 bridgehead atoms. The number of benzene rings is 1. The molecule has 0 spiro atoms. The number of aliphatic hydroxyl groups is 1. The molecule has 1 saturated carbocycles. The number of rotatable bonds is 6. The Balaban J connectivity index is 1.45. The molecule has 1 heterocycles. The first kappa shape index (κ1) is 15.3. The van der Waals surface area contributed by atoms with Gasteiger partial charge in [-0.15, -0.1) is 11.8 Å². The van der Waals surface area contributed by atoms with Gasteiger partial charge in [-0.05, 0) is 31.9 Å². The third-order valence-electron chi connectivity index (χ3n) is 3.92. The van der Waals surface area contributed by atoms with Gasteiger partial charge in [0.25, 0.3) is 0 Å². The van der Waals surface area contributed by atoms with Crippen LogP contribution in [0.2, 0.25) is 0 Å². The van der Waals surface area contributed by atoms with Crippen molar-refractivity contribution in [1.29, 1.82) is 0 Å². The molecule has 0 atom stereocenters. The fourth-order valence-electron chi connectivity index (χ4n) is 2.50. The van der Waals surface area contributed by atoms with E-state index in [4.69, 9.17) is 0 Å². The minimum atomic E-state index is -0.151. The summed E-state index contributed by atoms with van der Waals surface area (Å²) in [5.74, 6) is 2.25. The van der Waals surface area contributed by atoms with Crippen molar-refractivity contribution in [3.63, 3.8) is 0 Å². The van der Waals surface area contributed by atoms with E-state index in [1.807, 2.05) is 17.8 Å². The number of aromatic nitrogens is 2. The van der Waals surface area contributed by atoms with Crippen LogP contribution in [0.3, 0.4) is 0 Å². The molecule has 0 aliphatic heterocycles. The molecule has 3 rings (SSSR count). The Kier molecular flexibility index (Phi) is 4.95. The second-order valence-electron chi connectivity index (χ2n) is 5.74. The standard InChI is InChI=1S/C17H21N3OS/c1-12-2-4-15(5-3-12)22-7-6-18-17-10-16(19-11-20-17)13-8-14(21)9-13/h2-5,10-11,13-14,21H,6-9H2,1H3,(H,18,19,20). The van der Waals surface area contributed by atoms with Gasteiger partial charge < -0.3 is 10.4 Å². The molecule has 0 saturated heterocycles. The molecule has 2 aromatic rings. The predicted molar refractivity (Wildman–Crippen MR) is 90.4 cm³/mol.